The van der Waals surface area contributed by atoms with Gasteiger partial charge in [-0.15, -0.1) is 0 Å². The lowest BCUT2D eigenvalue weighted by atomic mass is 9.89. The summed E-state index contributed by atoms with van der Waals surface area (Å²) in [5.41, 5.74) is -0.166. The number of carbonyl (C=O) groups excluding carboxylic acids is 1. The van der Waals surface area contributed by atoms with Crippen molar-refractivity contribution in [1.82, 2.24) is 4.90 Å². The first-order valence-electron chi connectivity index (χ1n) is 7.39. The SMILES string of the molecule is CC(Oc1ccccc1)C(=O)N1CCC2(CC=NO2)CC1. The molecule has 1 atom stereocenters. The summed E-state index contributed by atoms with van der Waals surface area (Å²) in [6.45, 7) is 3.20. The van der Waals surface area contributed by atoms with Gasteiger partial charge < -0.3 is 14.5 Å². The van der Waals surface area contributed by atoms with E-state index in [4.69, 9.17) is 9.57 Å². The fraction of sp³-hybridized carbons (Fsp3) is 0.500. The second kappa shape index (κ2) is 5.76. The van der Waals surface area contributed by atoms with E-state index in [9.17, 15) is 4.79 Å². The highest BCUT2D eigenvalue weighted by molar-refractivity contribution is 5.81. The lowest BCUT2D eigenvalue weighted by Crippen LogP contribution is -2.49. The molecule has 0 bridgehead atoms. The number of benzene rings is 1. The van der Waals surface area contributed by atoms with Gasteiger partial charge in [-0.3, -0.25) is 4.79 Å². The maximum atomic E-state index is 12.4. The predicted octanol–water partition coefficient (Wildman–Crippen LogP) is 2.22. The Morgan fingerprint density at radius 1 is 1.33 bits per heavy atom. The van der Waals surface area contributed by atoms with Gasteiger partial charge in [-0.1, -0.05) is 23.4 Å². The molecule has 112 valence electrons. The van der Waals surface area contributed by atoms with Crippen LogP contribution in [0.15, 0.2) is 35.5 Å². The summed E-state index contributed by atoms with van der Waals surface area (Å²) >= 11 is 0. The molecule has 5 nitrogen and oxygen atoms in total. The van der Waals surface area contributed by atoms with Crippen LogP contribution in [0.2, 0.25) is 0 Å². The van der Waals surface area contributed by atoms with Crippen LogP contribution in [-0.4, -0.2) is 41.8 Å². The van der Waals surface area contributed by atoms with Crippen LogP contribution in [0.3, 0.4) is 0 Å². The molecule has 0 aromatic heterocycles. The normalized spacial score (nSPS) is 21.1. The molecule has 21 heavy (non-hydrogen) atoms. The molecule has 1 aromatic carbocycles. The molecule has 0 saturated carbocycles. The standard InChI is InChI=1S/C16H20N2O3/c1-13(20-14-5-3-2-4-6-14)15(19)18-11-8-16(9-12-18)7-10-17-21-16/h2-6,10,13H,7-9,11-12H2,1H3. The smallest absolute Gasteiger partial charge is 0.263 e. The molecule has 2 heterocycles. The fourth-order valence-electron chi connectivity index (χ4n) is 2.83. The van der Waals surface area contributed by atoms with E-state index in [0.29, 0.717) is 13.1 Å². The minimum Gasteiger partial charge on any atom is -0.481 e. The molecule has 5 heteroatoms. The second-order valence-electron chi connectivity index (χ2n) is 5.66. The van der Waals surface area contributed by atoms with E-state index < -0.39 is 6.10 Å². The first-order chi connectivity index (χ1) is 10.2. The third-order valence-electron chi connectivity index (χ3n) is 4.17. The maximum Gasteiger partial charge on any atom is 0.263 e. The van der Waals surface area contributed by atoms with Gasteiger partial charge in [-0.25, -0.2) is 0 Å². The minimum absolute atomic E-state index is 0.0348. The molecule has 2 aliphatic rings. The van der Waals surface area contributed by atoms with Crippen LogP contribution >= 0.6 is 0 Å². The van der Waals surface area contributed by atoms with Crippen LogP contribution in [0.25, 0.3) is 0 Å². The van der Waals surface area contributed by atoms with E-state index in [1.54, 1.807) is 6.92 Å². The molecule has 2 aliphatic heterocycles. The van der Waals surface area contributed by atoms with Crippen LogP contribution < -0.4 is 4.74 Å². The highest BCUT2D eigenvalue weighted by atomic mass is 16.7. The summed E-state index contributed by atoms with van der Waals surface area (Å²) in [6, 6.07) is 9.44. The Morgan fingerprint density at radius 2 is 2.05 bits per heavy atom. The summed E-state index contributed by atoms with van der Waals surface area (Å²) < 4.78 is 5.70. The molecule has 1 fully saturated rings. The number of carbonyl (C=O) groups is 1. The average Bonchev–Trinajstić information content (AvgIpc) is 2.96. The summed E-state index contributed by atoms with van der Waals surface area (Å²) in [7, 11) is 0. The van der Waals surface area contributed by atoms with Crippen LogP contribution in [0, 0.1) is 0 Å². The minimum atomic E-state index is -0.470. The Balaban J connectivity index is 1.54. The van der Waals surface area contributed by atoms with Gasteiger partial charge in [0.25, 0.3) is 5.91 Å². The first kappa shape index (κ1) is 13.9. The van der Waals surface area contributed by atoms with Crippen LogP contribution in [0.1, 0.15) is 26.2 Å². The van der Waals surface area contributed by atoms with Crippen molar-refractivity contribution in [2.24, 2.45) is 5.16 Å². The number of nitrogens with zero attached hydrogens (tertiary/aromatic N) is 2. The molecule has 1 unspecified atom stereocenters. The topological polar surface area (TPSA) is 51.1 Å². The molecule has 1 saturated heterocycles. The summed E-state index contributed by atoms with van der Waals surface area (Å²) in [6.07, 6.45) is 3.86. The van der Waals surface area contributed by atoms with Crippen molar-refractivity contribution in [3.8, 4) is 5.75 Å². The van der Waals surface area contributed by atoms with Gasteiger partial charge in [-0.2, -0.15) is 0 Å². The van der Waals surface area contributed by atoms with E-state index in [1.165, 1.54) is 0 Å². The molecular weight excluding hydrogens is 268 g/mol. The van der Waals surface area contributed by atoms with Gasteiger partial charge in [0.15, 0.2) is 6.10 Å². The Bertz CT molecular complexity index is 512. The Kier molecular flexibility index (Phi) is 3.82. The van der Waals surface area contributed by atoms with E-state index in [0.717, 1.165) is 25.0 Å². The van der Waals surface area contributed by atoms with E-state index >= 15 is 0 Å². The van der Waals surface area contributed by atoms with Crippen molar-refractivity contribution in [2.75, 3.05) is 13.1 Å². The van der Waals surface area contributed by atoms with Gasteiger partial charge in [-0.05, 0) is 19.1 Å². The monoisotopic (exact) mass is 288 g/mol. The van der Waals surface area contributed by atoms with Crippen LogP contribution in [-0.2, 0) is 9.63 Å². The maximum absolute atomic E-state index is 12.4. The lowest BCUT2D eigenvalue weighted by Gasteiger charge is -2.37. The largest absolute Gasteiger partial charge is 0.481 e. The van der Waals surface area contributed by atoms with Crippen molar-refractivity contribution >= 4 is 12.1 Å². The molecule has 0 aliphatic carbocycles. The zero-order chi connectivity index (χ0) is 14.7. The summed E-state index contributed by atoms with van der Waals surface area (Å²) in [5.74, 6) is 0.756. The predicted molar refractivity (Wildman–Crippen MR) is 79.3 cm³/mol. The van der Waals surface area contributed by atoms with E-state index in [-0.39, 0.29) is 11.5 Å². The Hall–Kier alpha value is -2.04. The number of hydrogen-bond donors (Lipinski definition) is 0. The highest BCUT2D eigenvalue weighted by Gasteiger charge is 2.40. The number of ether oxygens (including phenoxy) is 1. The molecule has 1 amide bonds. The van der Waals surface area contributed by atoms with E-state index in [1.807, 2.05) is 41.4 Å². The quantitative estimate of drug-likeness (QED) is 0.857. The number of likely N-dealkylation sites (tertiary alicyclic amines) is 1. The van der Waals surface area contributed by atoms with E-state index in [2.05, 4.69) is 5.16 Å². The van der Waals surface area contributed by atoms with Crippen molar-refractivity contribution in [3.63, 3.8) is 0 Å². The number of para-hydroxylation sites is 1. The zero-order valence-electron chi connectivity index (χ0n) is 12.2. The first-order valence-corrected chi connectivity index (χ1v) is 7.39. The zero-order valence-corrected chi connectivity index (χ0v) is 12.2. The van der Waals surface area contributed by atoms with Gasteiger partial charge in [0, 0.05) is 38.6 Å². The molecule has 1 spiro atoms. The van der Waals surface area contributed by atoms with Gasteiger partial charge in [0.05, 0.1) is 0 Å². The second-order valence-corrected chi connectivity index (χ2v) is 5.66. The average molecular weight is 288 g/mol. The van der Waals surface area contributed by atoms with Crippen molar-refractivity contribution < 1.29 is 14.4 Å². The van der Waals surface area contributed by atoms with Gasteiger partial charge >= 0.3 is 0 Å². The lowest BCUT2D eigenvalue weighted by molar-refractivity contribution is -0.143. The molecule has 0 N–H and O–H groups in total. The molecule has 0 radical (unpaired) electrons. The Morgan fingerprint density at radius 3 is 2.67 bits per heavy atom. The number of amides is 1. The number of rotatable bonds is 3. The van der Waals surface area contributed by atoms with Crippen LogP contribution in [0.5, 0.6) is 5.75 Å². The van der Waals surface area contributed by atoms with Crippen LogP contribution in [0.4, 0.5) is 0 Å². The van der Waals surface area contributed by atoms with Crippen molar-refractivity contribution in [2.45, 2.75) is 37.9 Å². The molecule has 1 aromatic rings. The number of piperidine rings is 1. The summed E-state index contributed by atoms with van der Waals surface area (Å²) in [4.78, 5) is 19.8. The van der Waals surface area contributed by atoms with Gasteiger partial charge in [0.2, 0.25) is 0 Å². The van der Waals surface area contributed by atoms with Crippen molar-refractivity contribution in [3.05, 3.63) is 30.3 Å². The Labute approximate surface area is 124 Å². The number of oxime groups is 1. The number of hydrogen-bond acceptors (Lipinski definition) is 4. The summed E-state index contributed by atoms with van der Waals surface area (Å²) in [5, 5.41) is 3.87. The fourth-order valence-corrected chi connectivity index (χ4v) is 2.83. The van der Waals surface area contributed by atoms with Gasteiger partial charge in [0.1, 0.15) is 11.4 Å². The molecular formula is C16H20N2O3. The third-order valence-corrected chi connectivity index (χ3v) is 4.17. The van der Waals surface area contributed by atoms with Crippen molar-refractivity contribution in [1.29, 1.82) is 0 Å². The third kappa shape index (κ3) is 3.01. The highest BCUT2D eigenvalue weighted by Crippen LogP contribution is 2.32. The molecule has 3 rings (SSSR count).